The monoisotopic (exact) mass is 452 g/mol. The van der Waals surface area contributed by atoms with Crippen LogP contribution in [0.4, 0.5) is 0 Å². The molecule has 1 aliphatic carbocycles. The van der Waals surface area contributed by atoms with Crippen molar-refractivity contribution in [1.82, 2.24) is 0 Å². The second-order valence-corrected chi connectivity index (χ2v) is 8.54. The Morgan fingerprint density at radius 2 is 1.75 bits per heavy atom. The third-order valence-corrected chi connectivity index (χ3v) is 6.16. The topological polar surface area (TPSA) is 159 Å². The van der Waals surface area contributed by atoms with E-state index in [1.165, 1.54) is 18.2 Å². The summed E-state index contributed by atoms with van der Waals surface area (Å²) in [5.74, 6) is 0.173. The highest BCUT2D eigenvalue weighted by molar-refractivity contribution is 5.86. The zero-order chi connectivity index (χ0) is 23.0. The number of ether oxygens (including phenoxy) is 3. The van der Waals surface area contributed by atoms with E-state index >= 15 is 0 Å². The molecule has 0 amide bonds. The fraction of sp³-hybridized carbons (Fsp3) is 0.591. The van der Waals surface area contributed by atoms with Gasteiger partial charge in [0, 0.05) is 6.07 Å². The summed E-state index contributed by atoms with van der Waals surface area (Å²) < 4.78 is 21.9. The van der Waals surface area contributed by atoms with Crippen LogP contribution in [-0.4, -0.2) is 68.9 Å². The van der Waals surface area contributed by atoms with Gasteiger partial charge in [-0.3, -0.25) is 0 Å². The van der Waals surface area contributed by atoms with Crippen LogP contribution >= 0.6 is 0 Å². The van der Waals surface area contributed by atoms with Gasteiger partial charge in [-0.05, 0) is 43.7 Å². The van der Waals surface area contributed by atoms with E-state index in [0.717, 1.165) is 25.7 Å². The van der Waals surface area contributed by atoms with E-state index in [-0.39, 0.29) is 34.3 Å². The van der Waals surface area contributed by atoms with Gasteiger partial charge < -0.3 is 44.2 Å². The number of benzene rings is 1. The van der Waals surface area contributed by atoms with Crippen molar-refractivity contribution in [3.63, 3.8) is 0 Å². The van der Waals surface area contributed by atoms with Gasteiger partial charge in [-0.25, -0.2) is 4.79 Å². The van der Waals surface area contributed by atoms with Gasteiger partial charge in [0.15, 0.2) is 5.75 Å². The summed E-state index contributed by atoms with van der Waals surface area (Å²) in [6.45, 7) is 1.58. The summed E-state index contributed by atoms with van der Waals surface area (Å²) in [7, 11) is 0. The maximum atomic E-state index is 12.5. The predicted molar refractivity (Wildman–Crippen MR) is 111 cm³/mol. The Morgan fingerprint density at radius 3 is 2.44 bits per heavy atom. The highest BCUT2D eigenvalue weighted by Crippen LogP contribution is 2.36. The van der Waals surface area contributed by atoms with Crippen molar-refractivity contribution in [1.29, 1.82) is 0 Å². The molecule has 4 rings (SSSR count). The first-order valence-electron chi connectivity index (χ1n) is 10.7. The van der Waals surface area contributed by atoms with E-state index in [1.807, 2.05) is 0 Å². The van der Waals surface area contributed by atoms with Crippen LogP contribution in [0, 0.1) is 5.92 Å². The van der Waals surface area contributed by atoms with Crippen LogP contribution in [0.15, 0.2) is 27.4 Å². The van der Waals surface area contributed by atoms with E-state index in [4.69, 9.17) is 18.6 Å². The predicted octanol–water partition coefficient (Wildman–Crippen LogP) is 0.635. The van der Waals surface area contributed by atoms with Crippen LogP contribution in [0.3, 0.4) is 0 Å². The lowest BCUT2D eigenvalue weighted by atomic mass is 9.89. The second-order valence-electron chi connectivity index (χ2n) is 8.54. The molecule has 2 aromatic rings. The summed E-state index contributed by atoms with van der Waals surface area (Å²) in [5.41, 5.74) is -0.794. The molecule has 0 bridgehead atoms. The molecule has 1 aliphatic heterocycles. The Balaban J connectivity index is 1.55. The minimum atomic E-state index is -1.59. The van der Waals surface area contributed by atoms with E-state index in [0.29, 0.717) is 5.92 Å². The van der Waals surface area contributed by atoms with Crippen LogP contribution in [-0.2, 0) is 4.74 Å². The molecule has 1 saturated carbocycles. The van der Waals surface area contributed by atoms with Crippen molar-refractivity contribution in [2.45, 2.75) is 69.4 Å². The van der Waals surface area contributed by atoms with Crippen molar-refractivity contribution in [3.05, 3.63) is 28.6 Å². The van der Waals surface area contributed by atoms with E-state index in [9.17, 15) is 30.3 Å². The van der Waals surface area contributed by atoms with Gasteiger partial charge in [-0.15, -0.1) is 0 Å². The van der Waals surface area contributed by atoms with Crippen LogP contribution in [0.1, 0.15) is 32.6 Å². The molecule has 5 N–H and O–H groups in total. The Kier molecular flexibility index (Phi) is 6.59. The molecule has 10 nitrogen and oxygen atoms in total. The Bertz CT molecular complexity index is 994. The summed E-state index contributed by atoms with van der Waals surface area (Å²) in [4.78, 5) is 12.5. The van der Waals surface area contributed by atoms with Crippen LogP contribution in [0.5, 0.6) is 17.2 Å². The molecular formula is C22H28O10. The van der Waals surface area contributed by atoms with Crippen molar-refractivity contribution in [3.8, 4) is 17.2 Å². The molecule has 2 heterocycles. The largest absolute Gasteiger partial charge is 0.504 e. The summed E-state index contributed by atoms with van der Waals surface area (Å²) in [6.07, 6.45) is -3.78. The molecule has 0 radical (unpaired) electrons. The SMILES string of the molecule is C[C@H]1CC[C@H](Oc2c(O)c3ccc(O[C@@H]4O[C@H](CO)[C@H](O)[C@H](O)[C@H]4O)cc3oc2=O)CC1. The van der Waals surface area contributed by atoms with E-state index < -0.39 is 42.9 Å². The maximum absolute atomic E-state index is 12.5. The molecule has 0 spiro atoms. The molecule has 10 heteroatoms. The van der Waals surface area contributed by atoms with Crippen LogP contribution in [0.2, 0.25) is 0 Å². The lowest BCUT2D eigenvalue weighted by molar-refractivity contribution is -0.277. The van der Waals surface area contributed by atoms with E-state index in [2.05, 4.69) is 6.92 Å². The fourth-order valence-electron chi connectivity index (χ4n) is 4.14. The third kappa shape index (κ3) is 4.41. The molecule has 2 fully saturated rings. The molecule has 176 valence electrons. The molecular weight excluding hydrogens is 424 g/mol. The van der Waals surface area contributed by atoms with Gasteiger partial charge in [-0.1, -0.05) is 6.92 Å². The lowest BCUT2D eigenvalue weighted by Crippen LogP contribution is -2.60. The van der Waals surface area contributed by atoms with E-state index in [1.54, 1.807) is 0 Å². The van der Waals surface area contributed by atoms with Gasteiger partial charge in [0.05, 0.1) is 18.1 Å². The number of aliphatic hydroxyl groups is 4. The summed E-state index contributed by atoms with van der Waals surface area (Å²) in [5, 5.41) is 50.0. The highest BCUT2D eigenvalue weighted by atomic mass is 16.7. The van der Waals surface area contributed by atoms with Crippen molar-refractivity contribution >= 4 is 11.0 Å². The van der Waals surface area contributed by atoms with Crippen LogP contribution < -0.4 is 15.1 Å². The van der Waals surface area contributed by atoms with Gasteiger partial charge in [0.1, 0.15) is 35.7 Å². The summed E-state index contributed by atoms with van der Waals surface area (Å²) in [6, 6.07) is 4.24. The Hall–Kier alpha value is -2.37. The smallest absolute Gasteiger partial charge is 0.383 e. The second kappa shape index (κ2) is 9.24. The minimum absolute atomic E-state index is 0.0270. The lowest BCUT2D eigenvalue weighted by Gasteiger charge is -2.39. The normalized spacial score (nSPS) is 33.2. The zero-order valence-electron chi connectivity index (χ0n) is 17.6. The standard InChI is InChI=1S/C22H28O10/c1-10-2-4-11(5-3-10)29-20-16(24)13-7-6-12(8-14(13)31-21(20)28)30-22-19(27)18(26)17(25)15(9-23)32-22/h6-8,10-11,15,17-19,22-27H,2-5,9H2,1H3/t10-,11-,15-,17+,18+,19-,22-/m1/s1. The molecule has 0 unspecified atom stereocenters. The number of hydrogen-bond acceptors (Lipinski definition) is 10. The molecule has 1 aromatic carbocycles. The van der Waals surface area contributed by atoms with Gasteiger partial charge in [-0.2, -0.15) is 0 Å². The van der Waals surface area contributed by atoms with Crippen LogP contribution in [0.25, 0.3) is 11.0 Å². The average molecular weight is 452 g/mol. The first kappa shape index (κ1) is 22.8. The van der Waals surface area contributed by atoms with Gasteiger partial charge >= 0.3 is 5.63 Å². The zero-order valence-corrected chi connectivity index (χ0v) is 17.6. The highest BCUT2D eigenvalue weighted by Gasteiger charge is 2.44. The first-order chi connectivity index (χ1) is 15.3. The number of hydrogen-bond donors (Lipinski definition) is 5. The maximum Gasteiger partial charge on any atom is 0.383 e. The molecule has 1 aromatic heterocycles. The molecule has 2 aliphatic rings. The van der Waals surface area contributed by atoms with Crippen molar-refractivity contribution in [2.24, 2.45) is 5.92 Å². The van der Waals surface area contributed by atoms with Gasteiger partial charge in [0.25, 0.3) is 0 Å². The number of fused-ring (bicyclic) bond motifs is 1. The fourth-order valence-corrected chi connectivity index (χ4v) is 4.14. The van der Waals surface area contributed by atoms with Gasteiger partial charge in [0.2, 0.25) is 12.0 Å². The Labute approximate surface area is 183 Å². The molecule has 5 atom stereocenters. The van der Waals surface area contributed by atoms with Crippen molar-refractivity contribution < 1.29 is 44.2 Å². The average Bonchev–Trinajstić information content (AvgIpc) is 2.78. The first-order valence-corrected chi connectivity index (χ1v) is 10.7. The Morgan fingerprint density at radius 1 is 1.03 bits per heavy atom. The molecule has 32 heavy (non-hydrogen) atoms. The number of aromatic hydroxyl groups is 1. The minimum Gasteiger partial charge on any atom is -0.504 e. The molecule has 1 saturated heterocycles. The summed E-state index contributed by atoms with van der Waals surface area (Å²) >= 11 is 0. The van der Waals surface area contributed by atoms with Crippen molar-refractivity contribution in [2.75, 3.05) is 6.61 Å². The number of aliphatic hydroxyl groups excluding tert-OH is 4. The quantitative estimate of drug-likeness (QED) is 0.407. The number of rotatable bonds is 5. The third-order valence-electron chi connectivity index (χ3n) is 6.16.